The minimum atomic E-state index is -3.67. The minimum absolute atomic E-state index is 0.235. The molecule has 160 valence electrons. The van der Waals surface area contributed by atoms with Crippen molar-refractivity contribution < 1.29 is 23.0 Å². The number of rotatable bonds is 5. The Bertz CT molecular complexity index is 1240. The van der Waals surface area contributed by atoms with Gasteiger partial charge < -0.3 is 9.47 Å². The highest BCUT2D eigenvalue weighted by Gasteiger charge is 2.40. The smallest absolute Gasteiger partial charge is 0.348 e. The van der Waals surface area contributed by atoms with Gasteiger partial charge in [0, 0.05) is 12.0 Å². The van der Waals surface area contributed by atoms with E-state index in [1.54, 1.807) is 19.1 Å². The molecule has 3 heterocycles. The highest BCUT2D eigenvalue weighted by Crippen LogP contribution is 2.35. The normalized spacial score (nSPS) is 12.9. The summed E-state index contributed by atoms with van der Waals surface area (Å²) in [7, 11) is 0. The minimum Gasteiger partial charge on any atom is -0.493 e. The Kier molecular flexibility index (Phi) is 5.40. The number of fused-ring (bicyclic) bond motifs is 1. The van der Waals surface area contributed by atoms with E-state index in [9.17, 15) is 4.79 Å². The molecule has 0 aliphatic carbocycles. The molecule has 1 aromatic carbocycles. The van der Waals surface area contributed by atoms with Crippen LogP contribution >= 0.6 is 11.3 Å². The number of benzene rings is 1. The Morgan fingerprint density at radius 2 is 2.10 bits per heavy atom. The van der Waals surface area contributed by atoms with Crippen LogP contribution in [-0.4, -0.2) is 34.8 Å². The molecule has 2 N–H and O–H groups in total. The van der Waals surface area contributed by atoms with E-state index in [2.05, 4.69) is 5.10 Å². The third-order valence-electron chi connectivity index (χ3n) is 4.73. The van der Waals surface area contributed by atoms with Crippen LogP contribution in [0.15, 0.2) is 42.5 Å². The topological polar surface area (TPSA) is 101 Å². The fourth-order valence-corrected chi connectivity index (χ4v) is 4.03. The lowest BCUT2D eigenvalue weighted by atomic mass is 10.0. The molecule has 0 saturated carbocycles. The maximum atomic E-state index is 15.1. The van der Waals surface area contributed by atoms with Crippen LogP contribution in [0.2, 0.25) is 0 Å². The monoisotopic (exact) mass is 444 g/mol. The number of hydrogen-bond donors (Lipinski definition) is 2. The standard InChI is InChI=1S/C21H18F2N4O3S/c1-2-29-19(28)17-7-6-16(31-17)14-4-8-18(24)27(26-14)20(25)21(22,23)13-3-5-15-12(11-13)9-10-30-15/h3-8,11,24-25H,2,9-10H2,1H3. The molecular weight excluding hydrogens is 426 g/mol. The second kappa shape index (κ2) is 8.03. The fraction of sp³-hybridized carbons (Fsp3) is 0.238. The van der Waals surface area contributed by atoms with E-state index in [0.717, 1.165) is 11.3 Å². The summed E-state index contributed by atoms with van der Waals surface area (Å²) < 4.78 is 41.2. The van der Waals surface area contributed by atoms with Gasteiger partial charge >= 0.3 is 11.9 Å². The maximum absolute atomic E-state index is 15.1. The molecule has 10 heteroatoms. The number of carbonyl (C=O) groups excluding carboxylic acids is 1. The molecule has 4 rings (SSSR count). The van der Waals surface area contributed by atoms with Crippen LogP contribution in [0.3, 0.4) is 0 Å². The SMILES string of the molecule is CCOC(=O)c1ccc(-c2ccc(=N)n(C(=N)C(F)(F)c3ccc4c(c3)CCO4)n2)s1. The Hall–Kier alpha value is -3.40. The van der Waals surface area contributed by atoms with Crippen molar-refractivity contribution in [2.75, 3.05) is 13.2 Å². The van der Waals surface area contributed by atoms with Gasteiger partial charge in [-0.3, -0.25) is 10.8 Å². The van der Waals surface area contributed by atoms with Crippen LogP contribution in [0.1, 0.15) is 27.7 Å². The summed E-state index contributed by atoms with van der Waals surface area (Å²) in [6.45, 7) is 2.37. The molecule has 1 aliphatic rings. The van der Waals surface area contributed by atoms with Crippen LogP contribution < -0.4 is 10.2 Å². The van der Waals surface area contributed by atoms with Gasteiger partial charge in [0.1, 0.15) is 21.8 Å². The Morgan fingerprint density at radius 1 is 1.29 bits per heavy atom. The van der Waals surface area contributed by atoms with Crippen molar-refractivity contribution in [1.29, 1.82) is 10.8 Å². The summed E-state index contributed by atoms with van der Waals surface area (Å²) in [6.07, 6.45) is 0.526. The summed E-state index contributed by atoms with van der Waals surface area (Å²) in [5.74, 6) is -4.73. The van der Waals surface area contributed by atoms with Gasteiger partial charge in [0.25, 0.3) is 0 Å². The van der Waals surface area contributed by atoms with Gasteiger partial charge in [0.2, 0.25) is 0 Å². The van der Waals surface area contributed by atoms with E-state index >= 15 is 8.78 Å². The van der Waals surface area contributed by atoms with Gasteiger partial charge in [-0.05, 0) is 55.0 Å². The second-order valence-electron chi connectivity index (χ2n) is 6.74. The fourth-order valence-electron chi connectivity index (χ4n) is 3.16. The predicted molar refractivity (Wildman–Crippen MR) is 110 cm³/mol. The zero-order valence-electron chi connectivity index (χ0n) is 16.4. The van der Waals surface area contributed by atoms with E-state index in [-0.39, 0.29) is 23.4 Å². The predicted octanol–water partition coefficient (Wildman–Crippen LogP) is 3.82. The molecule has 0 atom stereocenters. The molecule has 0 unspecified atom stereocenters. The molecule has 0 bridgehead atoms. The van der Waals surface area contributed by atoms with Gasteiger partial charge in [0.05, 0.1) is 18.1 Å². The van der Waals surface area contributed by atoms with Crippen molar-refractivity contribution in [2.24, 2.45) is 0 Å². The van der Waals surface area contributed by atoms with Crippen LogP contribution in [0, 0.1) is 10.8 Å². The molecule has 3 aromatic rings. The van der Waals surface area contributed by atoms with Crippen LogP contribution in [0.5, 0.6) is 5.75 Å². The van der Waals surface area contributed by atoms with E-state index in [0.29, 0.717) is 38.8 Å². The van der Waals surface area contributed by atoms with E-state index in [4.69, 9.17) is 20.3 Å². The number of carbonyl (C=O) groups is 1. The number of aromatic nitrogens is 2. The number of halogens is 2. The number of nitrogens with one attached hydrogen (secondary N) is 2. The first-order valence-corrected chi connectivity index (χ1v) is 10.3. The molecule has 0 spiro atoms. The molecule has 0 fully saturated rings. The molecule has 1 aliphatic heterocycles. The average Bonchev–Trinajstić information content (AvgIpc) is 3.43. The molecule has 0 saturated heterocycles. The first kappa shape index (κ1) is 20.9. The van der Waals surface area contributed by atoms with E-state index < -0.39 is 17.7 Å². The van der Waals surface area contributed by atoms with Crippen molar-refractivity contribution in [2.45, 2.75) is 19.3 Å². The first-order valence-electron chi connectivity index (χ1n) is 9.47. The molecular formula is C21H18F2N4O3S. The number of thiophene rings is 1. The summed E-state index contributed by atoms with van der Waals surface area (Å²) >= 11 is 1.09. The molecule has 7 nitrogen and oxygen atoms in total. The number of nitrogens with zero attached hydrogens (tertiary/aromatic N) is 2. The van der Waals surface area contributed by atoms with Crippen LogP contribution in [0.4, 0.5) is 8.78 Å². The number of hydrogen-bond acceptors (Lipinski definition) is 7. The maximum Gasteiger partial charge on any atom is 0.348 e. The van der Waals surface area contributed by atoms with Gasteiger partial charge in [0.15, 0.2) is 5.84 Å². The number of esters is 1. The van der Waals surface area contributed by atoms with Crippen LogP contribution in [0.25, 0.3) is 10.6 Å². The zero-order valence-corrected chi connectivity index (χ0v) is 17.3. The highest BCUT2D eigenvalue weighted by molar-refractivity contribution is 7.17. The summed E-state index contributed by atoms with van der Waals surface area (Å²) in [6, 6.07) is 9.97. The van der Waals surface area contributed by atoms with E-state index in [1.807, 2.05) is 0 Å². The van der Waals surface area contributed by atoms with Gasteiger partial charge in [-0.15, -0.1) is 11.3 Å². The summed E-state index contributed by atoms with van der Waals surface area (Å²) in [5.41, 5.74) is 0.203. The van der Waals surface area contributed by atoms with Gasteiger partial charge in [-0.2, -0.15) is 18.6 Å². The zero-order chi connectivity index (χ0) is 22.2. The number of alkyl halides is 2. The van der Waals surface area contributed by atoms with Crippen molar-refractivity contribution >= 4 is 23.1 Å². The van der Waals surface area contributed by atoms with Crippen molar-refractivity contribution in [3.05, 3.63) is 64.0 Å². The summed E-state index contributed by atoms with van der Waals surface area (Å²) in [4.78, 5) is 12.8. The molecule has 0 radical (unpaired) electrons. The van der Waals surface area contributed by atoms with Crippen molar-refractivity contribution in [3.8, 4) is 16.3 Å². The third kappa shape index (κ3) is 3.86. The lowest BCUT2D eigenvalue weighted by molar-refractivity contribution is 0.0532. The molecule has 31 heavy (non-hydrogen) atoms. The first-order chi connectivity index (χ1) is 14.8. The lowest BCUT2D eigenvalue weighted by Crippen LogP contribution is -2.39. The van der Waals surface area contributed by atoms with Gasteiger partial charge in [-0.25, -0.2) is 4.79 Å². The summed E-state index contributed by atoms with van der Waals surface area (Å²) in [5, 5.41) is 20.2. The molecule has 0 amide bonds. The van der Waals surface area contributed by atoms with Crippen molar-refractivity contribution in [3.63, 3.8) is 0 Å². The second-order valence-corrected chi connectivity index (χ2v) is 7.83. The van der Waals surface area contributed by atoms with Gasteiger partial charge in [-0.1, -0.05) is 0 Å². The lowest BCUT2D eigenvalue weighted by Gasteiger charge is -2.19. The third-order valence-corrected chi connectivity index (χ3v) is 5.82. The molecule has 2 aromatic heterocycles. The largest absolute Gasteiger partial charge is 0.493 e. The van der Waals surface area contributed by atoms with Crippen LogP contribution in [-0.2, 0) is 17.1 Å². The number of ether oxygens (including phenoxy) is 2. The average molecular weight is 444 g/mol. The van der Waals surface area contributed by atoms with Crippen molar-refractivity contribution in [1.82, 2.24) is 9.78 Å². The highest BCUT2D eigenvalue weighted by atomic mass is 32.1. The quantitative estimate of drug-likeness (QED) is 0.355. The van der Waals surface area contributed by atoms with E-state index in [1.165, 1.54) is 30.3 Å². The Morgan fingerprint density at radius 3 is 2.87 bits per heavy atom. The Balaban J connectivity index is 1.67. The Labute approximate surface area is 179 Å².